The van der Waals surface area contributed by atoms with E-state index < -0.39 is 12.1 Å². The third-order valence-electron chi connectivity index (χ3n) is 6.83. The maximum Gasteiger partial charge on any atom is 0.490 e. The molecule has 2 aromatic heterocycles. The number of amides is 1. The number of alkyl halides is 3. The van der Waals surface area contributed by atoms with Crippen molar-refractivity contribution in [1.29, 1.82) is 0 Å². The second kappa shape index (κ2) is 12.6. The zero-order valence-corrected chi connectivity index (χ0v) is 23.4. The van der Waals surface area contributed by atoms with Crippen molar-refractivity contribution in [2.75, 3.05) is 38.2 Å². The number of aromatic nitrogens is 1. The number of thiophene rings is 1. The van der Waals surface area contributed by atoms with Crippen LogP contribution in [0, 0.1) is 0 Å². The molecule has 8 nitrogen and oxygen atoms in total. The van der Waals surface area contributed by atoms with Gasteiger partial charge in [-0.05, 0) is 24.6 Å². The summed E-state index contributed by atoms with van der Waals surface area (Å²) in [6.07, 6.45) is -3.17. The quantitative estimate of drug-likeness (QED) is 0.314. The molecule has 0 radical (unpaired) electrons. The highest BCUT2D eigenvalue weighted by molar-refractivity contribution is 7.22. The highest BCUT2D eigenvalue weighted by atomic mass is 32.1. The van der Waals surface area contributed by atoms with Gasteiger partial charge in [0.05, 0.1) is 17.3 Å². The van der Waals surface area contributed by atoms with E-state index in [1.165, 1.54) is 17.0 Å². The van der Waals surface area contributed by atoms with Gasteiger partial charge in [-0.2, -0.15) is 13.2 Å². The SMILES string of the molecule is CCCCn1c(=O)c2c(OC)c(C(=O)N3CCN(c4ccccc4)CC3)sc2c2ccccc21.O=C(O)C(F)(F)F. The molecular weight excluding hydrogens is 559 g/mol. The number of rotatable bonds is 6. The van der Waals surface area contributed by atoms with Gasteiger partial charge in [0, 0.05) is 43.8 Å². The average molecular weight is 590 g/mol. The van der Waals surface area contributed by atoms with Crippen molar-refractivity contribution in [2.24, 2.45) is 0 Å². The van der Waals surface area contributed by atoms with E-state index in [0.717, 1.165) is 41.5 Å². The number of para-hydroxylation sites is 2. The number of aliphatic carboxylic acids is 1. The first kappa shape index (κ1) is 29.9. The van der Waals surface area contributed by atoms with Gasteiger partial charge in [-0.1, -0.05) is 49.7 Å². The number of anilines is 1. The van der Waals surface area contributed by atoms with Crippen molar-refractivity contribution in [3.8, 4) is 5.75 Å². The lowest BCUT2D eigenvalue weighted by Gasteiger charge is -2.36. The second-order valence-electron chi connectivity index (χ2n) is 9.41. The molecule has 1 N–H and O–H groups in total. The van der Waals surface area contributed by atoms with Gasteiger partial charge in [0.25, 0.3) is 11.5 Å². The van der Waals surface area contributed by atoms with Gasteiger partial charge in [-0.3, -0.25) is 9.59 Å². The van der Waals surface area contributed by atoms with Crippen LogP contribution in [0.3, 0.4) is 0 Å². The summed E-state index contributed by atoms with van der Waals surface area (Å²) in [5.74, 6) is -2.40. The third-order valence-corrected chi connectivity index (χ3v) is 8.02. The summed E-state index contributed by atoms with van der Waals surface area (Å²) in [7, 11) is 1.55. The minimum absolute atomic E-state index is 0.0608. The minimum Gasteiger partial charge on any atom is -0.494 e. The molecular formula is C29H30F3N3O5S. The van der Waals surface area contributed by atoms with E-state index in [1.807, 2.05) is 51.9 Å². The van der Waals surface area contributed by atoms with Crippen LogP contribution in [0.25, 0.3) is 21.0 Å². The molecule has 0 atom stereocenters. The molecule has 1 aliphatic rings. The second-order valence-corrected chi connectivity index (χ2v) is 10.4. The summed E-state index contributed by atoms with van der Waals surface area (Å²) in [6, 6.07) is 18.2. The summed E-state index contributed by atoms with van der Waals surface area (Å²) < 4.78 is 40.1. The number of unbranched alkanes of at least 4 members (excludes halogenated alkanes) is 1. The lowest BCUT2D eigenvalue weighted by Crippen LogP contribution is -2.48. The Morgan fingerprint density at radius 3 is 2.20 bits per heavy atom. The van der Waals surface area contributed by atoms with E-state index >= 15 is 0 Å². The van der Waals surface area contributed by atoms with Crippen molar-refractivity contribution < 1.29 is 32.6 Å². The van der Waals surface area contributed by atoms with E-state index in [0.29, 0.717) is 35.6 Å². The van der Waals surface area contributed by atoms with Gasteiger partial charge in [0.1, 0.15) is 10.3 Å². The van der Waals surface area contributed by atoms with Gasteiger partial charge in [0.2, 0.25) is 0 Å². The molecule has 12 heteroatoms. The third kappa shape index (κ3) is 6.32. The largest absolute Gasteiger partial charge is 0.494 e. The number of piperazine rings is 1. The van der Waals surface area contributed by atoms with Crippen LogP contribution in [0.4, 0.5) is 18.9 Å². The zero-order chi connectivity index (χ0) is 29.7. The lowest BCUT2D eigenvalue weighted by atomic mass is 10.1. The zero-order valence-electron chi connectivity index (χ0n) is 22.6. The highest BCUT2D eigenvalue weighted by Gasteiger charge is 2.38. The smallest absolute Gasteiger partial charge is 0.490 e. The van der Waals surface area contributed by atoms with Crippen LogP contribution in [0.2, 0.25) is 0 Å². The first-order valence-corrected chi connectivity index (χ1v) is 13.9. The Morgan fingerprint density at radius 2 is 1.61 bits per heavy atom. The lowest BCUT2D eigenvalue weighted by molar-refractivity contribution is -0.192. The summed E-state index contributed by atoms with van der Waals surface area (Å²) in [6.45, 7) is 5.57. The molecule has 3 heterocycles. The Kier molecular flexibility index (Phi) is 9.21. The number of carboxylic acid groups (broad SMARTS) is 1. The van der Waals surface area contributed by atoms with Gasteiger partial charge in [0.15, 0.2) is 5.75 Å². The molecule has 0 bridgehead atoms. The van der Waals surface area contributed by atoms with E-state index in [4.69, 9.17) is 14.6 Å². The Labute approximate surface area is 238 Å². The van der Waals surface area contributed by atoms with Crippen LogP contribution < -0.4 is 15.2 Å². The summed E-state index contributed by atoms with van der Waals surface area (Å²) in [5.41, 5.74) is 2.00. The maximum atomic E-state index is 13.6. The fraction of sp³-hybridized carbons (Fsp3) is 0.345. The van der Waals surface area contributed by atoms with E-state index in [9.17, 15) is 22.8 Å². The van der Waals surface area contributed by atoms with E-state index in [2.05, 4.69) is 24.0 Å². The molecule has 4 aromatic rings. The number of pyridine rings is 1. The molecule has 1 aliphatic heterocycles. The van der Waals surface area contributed by atoms with Crippen LogP contribution in [0.15, 0.2) is 59.4 Å². The van der Waals surface area contributed by atoms with Crippen molar-refractivity contribution in [3.05, 3.63) is 69.8 Å². The van der Waals surface area contributed by atoms with Gasteiger partial charge in [-0.25, -0.2) is 4.79 Å². The van der Waals surface area contributed by atoms with Crippen LogP contribution in [-0.2, 0) is 11.3 Å². The fourth-order valence-corrected chi connectivity index (χ4v) is 6.03. The fourth-order valence-electron chi connectivity index (χ4n) is 4.77. The topological polar surface area (TPSA) is 92.1 Å². The Balaban J connectivity index is 0.000000493. The van der Waals surface area contributed by atoms with Gasteiger partial charge >= 0.3 is 12.1 Å². The molecule has 0 spiro atoms. The average Bonchev–Trinajstić information content (AvgIpc) is 3.37. The molecule has 0 unspecified atom stereocenters. The van der Waals surface area contributed by atoms with E-state index in [-0.39, 0.29) is 11.5 Å². The number of carboxylic acids is 1. The number of hydrogen-bond acceptors (Lipinski definition) is 6. The number of halogens is 3. The number of aryl methyl sites for hydroxylation is 1. The Morgan fingerprint density at radius 1 is 1.00 bits per heavy atom. The number of methoxy groups -OCH3 is 1. The number of carbonyl (C=O) groups is 2. The van der Waals surface area contributed by atoms with Crippen molar-refractivity contribution in [3.63, 3.8) is 0 Å². The number of hydrogen-bond donors (Lipinski definition) is 1. The molecule has 0 saturated carbocycles. The molecule has 218 valence electrons. The van der Waals surface area contributed by atoms with Crippen LogP contribution in [0.5, 0.6) is 5.75 Å². The van der Waals surface area contributed by atoms with Gasteiger partial charge in [-0.15, -0.1) is 11.3 Å². The maximum absolute atomic E-state index is 13.6. The summed E-state index contributed by atoms with van der Waals surface area (Å²) in [5, 5.41) is 8.64. The molecule has 2 aromatic carbocycles. The molecule has 1 saturated heterocycles. The highest BCUT2D eigenvalue weighted by Crippen LogP contribution is 2.40. The van der Waals surface area contributed by atoms with E-state index in [1.54, 1.807) is 7.11 Å². The normalized spacial score (nSPS) is 13.7. The predicted molar refractivity (Wildman–Crippen MR) is 153 cm³/mol. The van der Waals surface area contributed by atoms with Crippen molar-refractivity contribution in [2.45, 2.75) is 32.5 Å². The Bertz CT molecular complexity index is 1590. The van der Waals surface area contributed by atoms with Gasteiger partial charge < -0.3 is 24.2 Å². The minimum atomic E-state index is -5.08. The number of nitrogens with zero attached hydrogens (tertiary/aromatic N) is 3. The molecule has 1 amide bonds. The van der Waals surface area contributed by atoms with Crippen LogP contribution in [-0.4, -0.2) is 65.9 Å². The molecule has 1 fully saturated rings. The standard InChI is InChI=1S/C27H29N3O3S.C2HF3O2/c1-3-4-14-30-21-13-9-8-12-20(21)24-22(26(30)31)23(33-2)25(34-24)27(32)29-17-15-28(16-18-29)19-10-6-5-7-11-19;3-2(4,5)1(6)7/h5-13H,3-4,14-18H2,1-2H3;(H,6,7). The number of carbonyl (C=O) groups excluding carboxylic acids is 1. The Hall–Kier alpha value is -4.06. The predicted octanol–water partition coefficient (Wildman–Crippen LogP) is 5.62. The van der Waals surface area contributed by atoms with Crippen LogP contribution in [0.1, 0.15) is 29.4 Å². The number of benzene rings is 2. The molecule has 41 heavy (non-hydrogen) atoms. The number of fused-ring (bicyclic) bond motifs is 3. The molecule has 0 aliphatic carbocycles. The number of ether oxygens (including phenoxy) is 1. The summed E-state index contributed by atoms with van der Waals surface area (Å²) >= 11 is 1.38. The molecule has 5 rings (SSSR count). The van der Waals surface area contributed by atoms with Crippen molar-refractivity contribution in [1.82, 2.24) is 9.47 Å². The summed E-state index contributed by atoms with van der Waals surface area (Å²) in [4.78, 5) is 40.8. The monoisotopic (exact) mass is 589 g/mol. The first-order valence-electron chi connectivity index (χ1n) is 13.1. The van der Waals surface area contributed by atoms with Crippen molar-refractivity contribution >= 4 is 49.9 Å². The van der Waals surface area contributed by atoms with Crippen LogP contribution >= 0.6 is 11.3 Å². The first-order chi connectivity index (χ1) is 19.6.